The third kappa shape index (κ3) is 2.71. The number of carbonyl (C=O) groups is 1. The van der Waals surface area contributed by atoms with Gasteiger partial charge in [0.1, 0.15) is 10.9 Å². The Bertz CT molecular complexity index is 513. The van der Waals surface area contributed by atoms with Crippen LogP contribution in [0.25, 0.3) is 0 Å². The van der Waals surface area contributed by atoms with Gasteiger partial charge in [-0.2, -0.15) is 4.99 Å². The quantitative estimate of drug-likeness (QED) is 0.809. The van der Waals surface area contributed by atoms with Gasteiger partial charge in [-0.25, -0.2) is 4.39 Å². The summed E-state index contributed by atoms with van der Waals surface area (Å²) in [5.41, 5.74) is 3.69. The Morgan fingerprint density at radius 2 is 2.24 bits per heavy atom. The highest BCUT2D eigenvalue weighted by molar-refractivity contribution is 8.26. The average molecular weight is 250 g/mol. The first kappa shape index (κ1) is 11.8. The van der Waals surface area contributed by atoms with Crippen LogP contribution in [0.2, 0.25) is 0 Å². The molecule has 1 amide bonds. The van der Waals surface area contributed by atoms with Crippen LogP contribution in [0.1, 0.15) is 23.7 Å². The molecule has 0 N–H and O–H groups in total. The standard InChI is InChI=1S/C11H9FN3OS/c1-2-9-14-15-11(17-9)13-10(16)7-5-3-4-6-8(7)12/h3-6H,2H2,1H3. The van der Waals surface area contributed by atoms with Crippen LogP contribution < -0.4 is 5.43 Å². The molecule has 4 nitrogen and oxygen atoms in total. The minimum absolute atomic E-state index is 0.0549. The summed E-state index contributed by atoms with van der Waals surface area (Å²) in [7, 11) is 0. The zero-order chi connectivity index (χ0) is 12.3. The molecule has 1 aliphatic rings. The molecule has 0 saturated heterocycles. The number of thioether (sulfide) groups is 1. The summed E-state index contributed by atoms with van der Waals surface area (Å²) in [4.78, 5) is 15.4. The summed E-state index contributed by atoms with van der Waals surface area (Å²) in [6.07, 6.45) is 0.737. The van der Waals surface area contributed by atoms with Gasteiger partial charge in [0.15, 0.2) is 0 Å². The van der Waals surface area contributed by atoms with Gasteiger partial charge < -0.3 is 0 Å². The van der Waals surface area contributed by atoms with E-state index in [-0.39, 0.29) is 10.7 Å². The summed E-state index contributed by atoms with van der Waals surface area (Å²) in [5, 5.41) is 4.89. The zero-order valence-corrected chi connectivity index (χ0v) is 9.87. The molecule has 0 aromatic heterocycles. The number of amidine groups is 1. The highest BCUT2D eigenvalue weighted by atomic mass is 32.2. The second-order valence-electron chi connectivity index (χ2n) is 3.23. The van der Waals surface area contributed by atoms with E-state index in [1.54, 1.807) is 6.07 Å². The van der Waals surface area contributed by atoms with Crippen LogP contribution in [0.3, 0.4) is 0 Å². The van der Waals surface area contributed by atoms with Crippen LogP contribution in [0.5, 0.6) is 0 Å². The highest BCUT2D eigenvalue weighted by Crippen LogP contribution is 2.17. The van der Waals surface area contributed by atoms with Crippen molar-refractivity contribution < 1.29 is 9.18 Å². The number of rotatable bonds is 2. The summed E-state index contributed by atoms with van der Waals surface area (Å²) in [6, 6.07) is 5.72. The van der Waals surface area contributed by atoms with Gasteiger partial charge in [0.2, 0.25) is 5.17 Å². The van der Waals surface area contributed by atoms with E-state index in [1.807, 2.05) is 6.92 Å². The van der Waals surface area contributed by atoms with Crippen molar-refractivity contribution in [1.29, 1.82) is 0 Å². The van der Waals surface area contributed by atoms with E-state index in [1.165, 1.54) is 30.0 Å². The van der Waals surface area contributed by atoms with E-state index in [9.17, 15) is 9.18 Å². The molecule has 0 fully saturated rings. The van der Waals surface area contributed by atoms with E-state index in [2.05, 4.69) is 15.5 Å². The van der Waals surface area contributed by atoms with Gasteiger partial charge in [0, 0.05) is 0 Å². The van der Waals surface area contributed by atoms with Crippen LogP contribution >= 0.6 is 11.8 Å². The van der Waals surface area contributed by atoms with Crippen molar-refractivity contribution in [3.8, 4) is 0 Å². The van der Waals surface area contributed by atoms with Crippen molar-refractivity contribution >= 4 is 27.9 Å². The molecule has 0 bridgehead atoms. The first-order valence-corrected chi connectivity index (χ1v) is 5.85. The smallest absolute Gasteiger partial charge is 0.267 e. The number of hydrogen-bond acceptors (Lipinski definition) is 3. The fourth-order valence-corrected chi connectivity index (χ4v) is 1.86. The maximum atomic E-state index is 13.3. The molecule has 6 heteroatoms. The number of halogens is 1. The summed E-state index contributed by atoms with van der Waals surface area (Å²) in [5.74, 6) is -1.22. The molecule has 0 aliphatic carbocycles. The topological polar surface area (TPSA) is 55.9 Å². The second-order valence-corrected chi connectivity index (χ2v) is 4.27. The number of benzene rings is 1. The van der Waals surface area contributed by atoms with Crippen LogP contribution in [0.15, 0.2) is 34.4 Å². The third-order valence-electron chi connectivity index (χ3n) is 2.06. The first-order valence-electron chi connectivity index (χ1n) is 5.03. The lowest BCUT2D eigenvalue weighted by Crippen LogP contribution is -2.06. The third-order valence-corrected chi connectivity index (χ3v) is 3.02. The second kappa shape index (κ2) is 5.09. The van der Waals surface area contributed by atoms with E-state index >= 15 is 0 Å². The molecule has 1 aromatic carbocycles. The molecule has 17 heavy (non-hydrogen) atoms. The number of carbonyl (C=O) groups excluding carboxylic acids is 1. The number of hydrogen-bond donors (Lipinski definition) is 0. The van der Waals surface area contributed by atoms with Crippen LogP contribution in [-0.2, 0) is 0 Å². The minimum Gasteiger partial charge on any atom is -0.267 e. The fraction of sp³-hybridized carbons (Fsp3) is 0.182. The fourth-order valence-electron chi connectivity index (χ4n) is 1.21. The van der Waals surface area contributed by atoms with Crippen molar-refractivity contribution in [2.45, 2.75) is 13.3 Å². The van der Waals surface area contributed by atoms with Crippen LogP contribution in [-0.4, -0.2) is 16.1 Å². The van der Waals surface area contributed by atoms with Crippen molar-refractivity contribution in [3.05, 3.63) is 35.6 Å². The number of amides is 1. The van der Waals surface area contributed by atoms with Crippen molar-refractivity contribution in [2.24, 2.45) is 10.1 Å². The lowest BCUT2D eigenvalue weighted by molar-refractivity contribution is 0.0999. The van der Waals surface area contributed by atoms with Gasteiger partial charge in [-0.1, -0.05) is 19.1 Å². The summed E-state index contributed by atoms with van der Waals surface area (Å²) in [6.45, 7) is 1.93. The number of aliphatic imine (C=N–C) groups is 1. The molecular weight excluding hydrogens is 241 g/mol. The Labute approximate surface area is 102 Å². The van der Waals surface area contributed by atoms with Crippen LogP contribution in [0.4, 0.5) is 4.39 Å². The molecule has 0 atom stereocenters. The molecule has 1 radical (unpaired) electrons. The maximum Gasteiger partial charge on any atom is 0.282 e. The molecule has 0 unspecified atom stereocenters. The SMILES string of the molecule is CCC1=N[N]C(=NC(=O)c2ccccc2F)S1. The molecule has 0 saturated carbocycles. The zero-order valence-electron chi connectivity index (χ0n) is 9.05. The predicted molar refractivity (Wildman–Crippen MR) is 65.6 cm³/mol. The summed E-state index contributed by atoms with van der Waals surface area (Å²) >= 11 is 1.23. The first-order chi connectivity index (χ1) is 8.20. The molecule has 87 valence electrons. The molecule has 0 spiro atoms. The van der Waals surface area contributed by atoms with Gasteiger partial charge in [-0.3, -0.25) is 4.79 Å². The van der Waals surface area contributed by atoms with Crippen molar-refractivity contribution in [2.75, 3.05) is 0 Å². The highest BCUT2D eigenvalue weighted by Gasteiger charge is 2.18. The maximum absolute atomic E-state index is 13.3. The monoisotopic (exact) mass is 250 g/mol. The van der Waals surface area contributed by atoms with Gasteiger partial charge in [0.05, 0.1) is 5.56 Å². The predicted octanol–water partition coefficient (Wildman–Crippen LogP) is 2.40. The Morgan fingerprint density at radius 3 is 2.88 bits per heavy atom. The molecule has 1 aromatic rings. The summed E-state index contributed by atoms with van der Waals surface area (Å²) < 4.78 is 13.3. The van der Waals surface area contributed by atoms with Crippen molar-refractivity contribution in [3.63, 3.8) is 0 Å². The Kier molecular flexibility index (Phi) is 3.53. The Hall–Kier alpha value is -1.69. The lowest BCUT2D eigenvalue weighted by atomic mass is 10.2. The molecular formula is C11H9FN3OS. The van der Waals surface area contributed by atoms with E-state index in [4.69, 9.17) is 0 Å². The Balaban J connectivity index is 2.14. The lowest BCUT2D eigenvalue weighted by Gasteiger charge is -1.97. The van der Waals surface area contributed by atoms with E-state index in [0.717, 1.165) is 11.5 Å². The van der Waals surface area contributed by atoms with Gasteiger partial charge in [0.25, 0.3) is 5.91 Å². The largest absolute Gasteiger partial charge is 0.282 e. The van der Waals surface area contributed by atoms with Crippen LogP contribution in [0, 0.1) is 5.82 Å². The number of nitrogens with zero attached hydrogens (tertiary/aromatic N) is 3. The van der Waals surface area contributed by atoms with E-state index in [0.29, 0.717) is 0 Å². The molecule has 2 rings (SSSR count). The normalized spacial score (nSPS) is 16.8. The van der Waals surface area contributed by atoms with E-state index < -0.39 is 11.7 Å². The average Bonchev–Trinajstić information content (AvgIpc) is 2.77. The minimum atomic E-state index is -0.637. The van der Waals surface area contributed by atoms with Gasteiger partial charge in [-0.05, 0) is 30.3 Å². The molecule has 1 heterocycles. The van der Waals surface area contributed by atoms with Gasteiger partial charge >= 0.3 is 0 Å². The van der Waals surface area contributed by atoms with Crippen molar-refractivity contribution in [1.82, 2.24) is 5.43 Å². The molecule has 1 aliphatic heterocycles. The Morgan fingerprint density at radius 1 is 1.47 bits per heavy atom. The van der Waals surface area contributed by atoms with Gasteiger partial charge in [-0.15, -0.1) is 10.5 Å².